The first-order chi connectivity index (χ1) is 8.61. The van der Waals surface area contributed by atoms with Crippen molar-refractivity contribution < 1.29 is 0 Å². The summed E-state index contributed by atoms with van der Waals surface area (Å²) in [5.41, 5.74) is 8.39. The summed E-state index contributed by atoms with van der Waals surface area (Å²) in [6, 6.07) is 13.1. The molecule has 0 aromatic heterocycles. The maximum absolute atomic E-state index is 8.99. The summed E-state index contributed by atoms with van der Waals surface area (Å²) in [5.74, 6) is 0. The number of hydrogen-bond acceptors (Lipinski definition) is 2. The van der Waals surface area contributed by atoms with Gasteiger partial charge < -0.3 is 5.73 Å². The van der Waals surface area contributed by atoms with Gasteiger partial charge in [-0.05, 0) is 35.7 Å². The molecule has 0 aliphatic rings. The first kappa shape index (κ1) is 12.8. The zero-order valence-corrected chi connectivity index (χ0v) is 11.0. The molecule has 2 rings (SSSR count). The molecule has 2 aromatic rings. The molecule has 0 unspecified atom stereocenters. The van der Waals surface area contributed by atoms with E-state index < -0.39 is 0 Å². The lowest BCUT2D eigenvalue weighted by Gasteiger charge is -2.08. The molecule has 0 bridgehead atoms. The highest BCUT2D eigenvalue weighted by atomic mass is 35.5. The summed E-state index contributed by atoms with van der Waals surface area (Å²) < 4.78 is 0. The Morgan fingerprint density at radius 2 is 1.72 bits per heavy atom. The van der Waals surface area contributed by atoms with E-state index in [1.165, 1.54) is 0 Å². The molecule has 0 radical (unpaired) electrons. The molecule has 90 valence electrons. The molecule has 2 aromatic carbocycles. The van der Waals surface area contributed by atoms with Gasteiger partial charge in [0.2, 0.25) is 0 Å². The quantitative estimate of drug-likeness (QED) is 0.842. The lowest BCUT2D eigenvalue weighted by Crippen LogP contribution is -1.96. The minimum Gasteiger partial charge on any atom is -0.398 e. The Labute approximate surface area is 116 Å². The molecule has 0 atom stereocenters. The molecule has 0 saturated heterocycles. The number of benzene rings is 2. The highest BCUT2D eigenvalue weighted by Crippen LogP contribution is 2.27. The summed E-state index contributed by atoms with van der Waals surface area (Å²) in [7, 11) is 0. The monoisotopic (exact) mass is 276 g/mol. The molecule has 2 N–H and O–H groups in total. The smallest absolute Gasteiger partial charge is 0.103 e. The number of rotatable bonds is 2. The second-order valence-corrected chi connectivity index (χ2v) is 4.73. The third-order valence-corrected chi connectivity index (χ3v) is 3.36. The fraction of sp³-hybridized carbons (Fsp3) is 0.0714. The zero-order valence-electron chi connectivity index (χ0n) is 9.45. The van der Waals surface area contributed by atoms with Crippen molar-refractivity contribution in [2.75, 3.05) is 5.73 Å². The Balaban J connectivity index is 2.36. The fourth-order valence-corrected chi connectivity index (χ4v) is 2.11. The van der Waals surface area contributed by atoms with Crippen LogP contribution in [0.1, 0.15) is 16.7 Å². The Hall–Kier alpha value is -1.69. The lowest BCUT2D eigenvalue weighted by atomic mass is 10.0. The van der Waals surface area contributed by atoms with Gasteiger partial charge in [0.25, 0.3) is 0 Å². The van der Waals surface area contributed by atoms with E-state index in [1.54, 1.807) is 6.07 Å². The standard InChI is InChI=1S/C14H10Cl2N2/c15-11-4-1-9(2-5-11)7-10-3-6-13(18)12(8-17)14(10)16/h1-6H,7,18H2. The molecule has 0 saturated carbocycles. The van der Waals surface area contributed by atoms with Crippen LogP contribution in [0.3, 0.4) is 0 Å². The van der Waals surface area contributed by atoms with E-state index in [9.17, 15) is 0 Å². The van der Waals surface area contributed by atoms with Gasteiger partial charge in [-0.3, -0.25) is 0 Å². The van der Waals surface area contributed by atoms with Gasteiger partial charge >= 0.3 is 0 Å². The van der Waals surface area contributed by atoms with Gasteiger partial charge in [0.05, 0.1) is 16.3 Å². The summed E-state index contributed by atoms with van der Waals surface area (Å²) in [6.45, 7) is 0. The Bertz CT molecular complexity index is 613. The van der Waals surface area contributed by atoms with Crippen LogP contribution < -0.4 is 5.73 Å². The van der Waals surface area contributed by atoms with Crippen molar-refractivity contribution >= 4 is 28.9 Å². The van der Waals surface area contributed by atoms with Gasteiger partial charge in [0, 0.05) is 5.02 Å². The van der Waals surface area contributed by atoms with Crippen LogP contribution in [0.4, 0.5) is 5.69 Å². The normalized spacial score (nSPS) is 10.1. The maximum Gasteiger partial charge on any atom is 0.103 e. The lowest BCUT2D eigenvalue weighted by molar-refractivity contribution is 1.19. The van der Waals surface area contributed by atoms with E-state index in [0.29, 0.717) is 27.7 Å². The summed E-state index contributed by atoms with van der Waals surface area (Å²) in [5, 5.41) is 10.1. The van der Waals surface area contributed by atoms with E-state index in [4.69, 9.17) is 34.2 Å². The van der Waals surface area contributed by atoms with Crippen molar-refractivity contribution in [2.24, 2.45) is 0 Å². The highest BCUT2D eigenvalue weighted by molar-refractivity contribution is 6.33. The van der Waals surface area contributed by atoms with E-state index in [-0.39, 0.29) is 0 Å². The molecule has 4 heteroatoms. The second-order valence-electron chi connectivity index (χ2n) is 3.92. The predicted molar refractivity (Wildman–Crippen MR) is 74.8 cm³/mol. The van der Waals surface area contributed by atoms with E-state index in [1.807, 2.05) is 36.4 Å². The maximum atomic E-state index is 8.99. The third-order valence-electron chi connectivity index (χ3n) is 2.67. The van der Waals surface area contributed by atoms with E-state index in [0.717, 1.165) is 11.1 Å². The van der Waals surface area contributed by atoms with Crippen LogP contribution in [0.2, 0.25) is 10.0 Å². The van der Waals surface area contributed by atoms with Crippen LogP contribution in [0, 0.1) is 11.3 Å². The Morgan fingerprint density at radius 1 is 1.06 bits per heavy atom. The molecule has 0 amide bonds. The van der Waals surface area contributed by atoms with Gasteiger partial charge in [0.1, 0.15) is 6.07 Å². The average Bonchev–Trinajstić information content (AvgIpc) is 2.36. The van der Waals surface area contributed by atoms with Crippen LogP contribution >= 0.6 is 23.2 Å². The Morgan fingerprint density at radius 3 is 2.33 bits per heavy atom. The van der Waals surface area contributed by atoms with Crippen molar-refractivity contribution in [3.8, 4) is 6.07 Å². The summed E-state index contributed by atoms with van der Waals surface area (Å²) in [6.07, 6.45) is 0.644. The van der Waals surface area contributed by atoms with Crippen molar-refractivity contribution in [3.05, 3.63) is 63.1 Å². The molecule has 0 fully saturated rings. The number of nitrogen functional groups attached to an aromatic ring is 1. The van der Waals surface area contributed by atoms with Gasteiger partial charge in [-0.1, -0.05) is 41.4 Å². The molecular formula is C14H10Cl2N2. The number of nitrogens with zero attached hydrogens (tertiary/aromatic N) is 1. The molecule has 18 heavy (non-hydrogen) atoms. The minimum absolute atomic E-state index is 0.336. The predicted octanol–water partition coefficient (Wildman–Crippen LogP) is 4.04. The molecule has 0 heterocycles. The van der Waals surface area contributed by atoms with Crippen molar-refractivity contribution in [1.29, 1.82) is 5.26 Å². The van der Waals surface area contributed by atoms with Crippen LogP contribution in [0.25, 0.3) is 0 Å². The topological polar surface area (TPSA) is 49.8 Å². The number of anilines is 1. The number of hydrogen-bond donors (Lipinski definition) is 1. The van der Waals surface area contributed by atoms with Crippen LogP contribution in [0.15, 0.2) is 36.4 Å². The van der Waals surface area contributed by atoms with Gasteiger partial charge in [0.15, 0.2) is 0 Å². The molecular weight excluding hydrogens is 267 g/mol. The van der Waals surface area contributed by atoms with Crippen molar-refractivity contribution in [2.45, 2.75) is 6.42 Å². The van der Waals surface area contributed by atoms with Gasteiger partial charge in [-0.25, -0.2) is 0 Å². The van der Waals surface area contributed by atoms with Crippen molar-refractivity contribution in [1.82, 2.24) is 0 Å². The molecule has 0 spiro atoms. The van der Waals surface area contributed by atoms with Crippen LogP contribution in [-0.2, 0) is 6.42 Å². The zero-order chi connectivity index (χ0) is 13.1. The summed E-state index contributed by atoms with van der Waals surface area (Å²) in [4.78, 5) is 0. The first-order valence-corrected chi connectivity index (χ1v) is 6.09. The average molecular weight is 277 g/mol. The minimum atomic E-state index is 0.336. The Kier molecular flexibility index (Phi) is 3.76. The summed E-state index contributed by atoms with van der Waals surface area (Å²) >= 11 is 12.0. The largest absolute Gasteiger partial charge is 0.398 e. The highest BCUT2D eigenvalue weighted by Gasteiger charge is 2.10. The second kappa shape index (κ2) is 5.30. The number of halogens is 2. The fourth-order valence-electron chi connectivity index (χ4n) is 1.71. The third kappa shape index (κ3) is 2.59. The van der Waals surface area contributed by atoms with Crippen LogP contribution in [-0.4, -0.2) is 0 Å². The SMILES string of the molecule is N#Cc1c(N)ccc(Cc2ccc(Cl)cc2)c1Cl. The number of nitrogens with two attached hydrogens (primary N) is 1. The first-order valence-electron chi connectivity index (χ1n) is 5.33. The van der Waals surface area contributed by atoms with Crippen molar-refractivity contribution in [3.63, 3.8) is 0 Å². The molecule has 2 nitrogen and oxygen atoms in total. The van der Waals surface area contributed by atoms with Crippen LogP contribution in [0.5, 0.6) is 0 Å². The molecule has 0 aliphatic heterocycles. The van der Waals surface area contributed by atoms with Gasteiger partial charge in [-0.2, -0.15) is 5.26 Å². The van der Waals surface area contributed by atoms with E-state index >= 15 is 0 Å². The van der Waals surface area contributed by atoms with E-state index in [2.05, 4.69) is 0 Å². The van der Waals surface area contributed by atoms with Gasteiger partial charge in [-0.15, -0.1) is 0 Å². The molecule has 0 aliphatic carbocycles. The number of nitriles is 1.